The molecule has 0 saturated carbocycles. The molecular weight excluding hydrogens is 927 g/mol. The normalized spacial score (nSPS) is 12.2. The number of fused-ring (bicyclic) bond motifs is 12. The van der Waals surface area contributed by atoms with Crippen LogP contribution < -0.4 is 0 Å². The highest BCUT2D eigenvalue weighted by atomic mass is 15.0. The third-order valence-electron chi connectivity index (χ3n) is 17.0. The van der Waals surface area contributed by atoms with Gasteiger partial charge in [0.25, 0.3) is 0 Å². The lowest BCUT2D eigenvalue weighted by atomic mass is 9.82. The quantitative estimate of drug-likeness (QED) is 0.156. The van der Waals surface area contributed by atoms with E-state index in [1.54, 1.807) is 0 Å². The van der Waals surface area contributed by atoms with Crippen molar-refractivity contribution in [2.75, 3.05) is 0 Å². The molecule has 2 aliphatic carbocycles. The molecule has 0 atom stereocenters. The number of nitrogens with zero attached hydrogens (tertiary/aromatic N) is 1. The predicted octanol–water partition coefficient (Wildman–Crippen LogP) is 21.0. The molecule has 0 fully saturated rings. The largest absolute Gasteiger partial charge is 0.309 e. The fourth-order valence-corrected chi connectivity index (χ4v) is 14.1. The first kappa shape index (κ1) is 42.3. The third-order valence-corrected chi connectivity index (χ3v) is 17.0. The fourth-order valence-electron chi connectivity index (χ4n) is 14.1. The van der Waals surface area contributed by atoms with Crippen LogP contribution in [0.2, 0.25) is 0 Å². The molecule has 1 heteroatoms. The topological polar surface area (TPSA) is 4.93 Å². The van der Waals surface area contributed by atoms with Gasteiger partial charge in [-0.1, -0.05) is 249 Å². The van der Waals surface area contributed by atoms with Crippen molar-refractivity contribution in [3.8, 4) is 106 Å². The number of hydrogen-bond donors (Lipinski definition) is 0. The van der Waals surface area contributed by atoms with Gasteiger partial charge in [0.05, 0.1) is 11.0 Å². The summed E-state index contributed by atoms with van der Waals surface area (Å²) in [5.41, 5.74) is 26.4. The molecule has 0 N–H and O–H groups in total. The van der Waals surface area contributed by atoms with E-state index in [0.717, 1.165) is 5.69 Å². The second-order valence-corrected chi connectivity index (χ2v) is 20.9. The highest BCUT2D eigenvalue weighted by Crippen LogP contribution is 2.61. The van der Waals surface area contributed by atoms with Gasteiger partial charge < -0.3 is 4.57 Å². The summed E-state index contributed by atoms with van der Waals surface area (Å²) in [7, 11) is 0. The average Bonchev–Trinajstić information content (AvgIpc) is 4.25. The first-order valence-electron chi connectivity index (χ1n) is 26.8. The summed E-state index contributed by atoms with van der Waals surface area (Å²) < 4.78 is 2.54. The van der Waals surface area contributed by atoms with Gasteiger partial charge in [0, 0.05) is 16.5 Å². The van der Waals surface area contributed by atoms with Crippen LogP contribution in [0, 0.1) is 0 Å². The van der Waals surface area contributed by atoms with E-state index in [0.29, 0.717) is 0 Å². The van der Waals surface area contributed by atoms with Gasteiger partial charge in [-0.2, -0.15) is 0 Å². The number of aromatic nitrogens is 1. The van der Waals surface area contributed by atoms with Gasteiger partial charge in [0.2, 0.25) is 0 Å². The molecule has 354 valence electrons. The maximum absolute atomic E-state index is 2.54. The predicted molar refractivity (Wildman–Crippen MR) is 327 cm³/mol. The zero-order valence-electron chi connectivity index (χ0n) is 41.9. The van der Waals surface area contributed by atoms with Gasteiger partial charge in [0.15, 0.2) is 0 Å². The van der Waals surface area contributed by atoms with E-state index in [9.17, 15) is 0 Å². The van der Waals surface area contributed by atoms with Gasteiger partial charge in [-0.05, 0) is 167 Å². The van der Waals surface area contributed by atoms with Crippen molar-refractivity contribution < 1.29 is 0 Å². The van der Waals surface area contributed by atoms with Crippen LogP contribution in [0.1, 0.15) is 0 Å². The number of hydrogen-bond acceptors (Lipinski definition) is 0. The summed E-state index contributed by atoms with van der Waals surface area (Å²) in [5, 5.41) is 12.8. The fraction of sp³-hybridized carbons (Fsp3) is 0. The van der Waals surface area contributed by atoms with Crippen LogP contribution in [-0.4, -0.2) is 4.57 Å². The van der Waals surface area contributed by atoms with Crippen molar-refractivity contribution in [1.29, 1.82) is 0 Å². The van der Waals surface area contributed by atoms with Crippen LogP contribution in [0.25, 0.3) is 171 Å². The van der Waals surface area contributed by atoms with Crippen LogP contribution in [0.5, 0.6) is 0 Å². The lowest BCUT2D eigenvalue weighted by Crippen LogP contribution is -1.95. The highest BCUT2D eigenvalue weighted by Gasteiger charge is 2.34. The Morgan fingerprint density at radius 3 is 1.04 bits per heavy atom. The summed E-state index contributed by atoms with van der Waals surface area (Å²) >= 11 is 0. The van der Waals surface area contributed by atoms with Crippen molar-refractivity contribution in [2.24, 2.45) is 0 Å². The zero-order chi connectivity index (χ0) is 50.3. The van der Waals surface area contributed by atoms with Crippen molar-refractivity contribution >= 4 is 64.9 Å². The summed E-state index contributed by atoms with van der Waals surface area (Å²) in [5.74, 6) is 0. The molecule has 0 aliphatic heterocycles. The number of para-hydroxylation sites is 1. The van der Waals surface area contributed by atoms with E-state index < -0.39 is 0 Å². The minimum Gasteiger partial charge on any atom is -0.309 e. The molecule has 1 heterocycles. The van der Waals surface area contributed by atoms with Crippen molar-refractivity contribution in [3.63, 3.8) is 0 Å². The molecule has 1 nitrogen and oxygen atoms in total. The van der Waals surface area contributed by atoms with Crippen molar-refractivity contribution in [3.05, 3.63) is 273 Å². The van der Waals surface area contributed by atoms with Gasteiger partial charge in [0.1, 0.15) is 0 Å². The second-order valence-electron chi connectivity index (χ2n) is 20.9. The van der Waals surface area contributed by atoms with E-state index in [2.05, 4.69) is 278 Å². The first-order chi connectivity index (χ1) is 38.3. The monoisotopic (exact) mass is 971 g/mol. The van der Waals surface area contributed by atoms with Crippen molar-refractivity contribution in [2.45, 2.75) is 0 Å². The molecule has 0 amide bonds. The maximum Gasteiger partial charge on any atom is 0.0553 e. The van der Waals surface area contributed by atoms with E-state index in [-0.39, 0.29) is 0 Å². The summed E-state index contributed by atoms with van der Waals surface area (Å²) in [6, 6.07) is 102. The lowest BCUT2D eigenvalue weighted by Gasteiger charge is -2.20. The Morgan fingerprint density at radius 2 is 0.558 bits per heavy atom. The van der Waals surface area contributed by atoms with Crippen molar-refractivity contribution in [1.82, 2.24) is 4.57 Å². The smallest absolute Gasteiger partial charge is 0.0553 e. The maximum atomic E-state index is 2.54. The number of benzene rings is 14. The van der Waals surface area contributed by atoms with E-state index in [4.69, 9.17) is 0 Å². The highest BCUT2D eigenvalue weighted by molar-refractivity contribution is 6.34. The minimum absolute atomic E-state index is 1.14. The first-order valence-corrected chi connectivity index (χ1v) is 26.8. The molecule has 0 spiro atoms. The van der Waals surface area contributed by atoms with Gasteiger partial charge in [-0.3, -0.25) is 0 Å². The summed E-state index contributed by atoms with van der Waals surface area (Å²) in [6.45, 7) is 0. The molecule has 77 heavy (non-hydrogen) atoms. The third kappa shape index (κ3) is 5.89. The zero-order valence-corrected chi connectivity index (χ0v) is 41.9. The average molecular weight is 972 g/mol. The molecular formula is C76H45N. The van der Waals surface area contributed by atoms with E-state index in [1.165, 1.54) is 165 Å². The molecule has 0 unspecified atom stereocenters. The number of rotatable bonds is 6. The SMILES string of the molecule is c1ccc(-c2c3c(c(-c4ccccc4)c4ccccc24)-c2ccc(-c4ccc5c6c7cccc8c7c(cc6n(-c6ccccc6)c5c4)-c4c-8c(-c5ccccc5)c5ccccc5c4-c4ccccc4)c4cccc-3c24)cc1. The Hall–Kier alpha value is -10.1. The molecule has 17 rings (SSSR count). The molecule has 0 saturated heterocycles. The standard InChI is InChI=1S/C76H45N/c1-6-22-46(23-7-1)66-54-32-16-17-33-55(54)68(48-26-10-3-11-27-48)75-62-43-42-52(53-36-20-38-60(70(53)62)73(66)75)50-40-41-58-64(44-50)77(51-30-14-5-15-31-51)65-45-63-71-59(72(58)65)37-21-39-61(71)74-67(47-24-8-2-9-25-47)56-34-18-19-35-57(56)69(76(63)74)49-28-12-4-13-29-49/h1-45H. The Bertz CT molecular complexity index is 4880. The van der Waals surface area contributed by atoms with Crippen LogP contribution in [0.4, 0.5) is 0 Å². The molecule has 15 aromatic rings. The summed E-state index contributed by atoms with van der Waals surface area (Å²) in [6.07, 6.45) is 0. The Balaban J connectivity index is 0.947. The summed E-state index contributed by atoms with van der Waals surface area (Å²) in [4.78, 5) is 0. The Labute approximate surface area is 445 Å². The Kier molecular flexibility index (Phi) is 8.90. The van der Waals surface area contributed by atoms with Crippen LogP contribution in [0.15, 0.2) is 273 Å². The minimum atomic E-state index is 1.14. The molecule has 0 radical (unpaired) electrons. The molecule has 1 aromatic heterocycles. The van der Waals surface area contributed by atoms with Crippen LogP contribution in [0.3, 0.4) is 0 Å². The molecule has 2 aliphatic rings. The van der Waals surface area contributed by atoms with Crippen LogP contribution >= 0.6 is 0 Å². The molecule has 14 aromatic carbocycles. The van der Waals surface area contributed by atoms with Gasteiger partial charge in [-0.25, -0.2) is 0 Å². The van der Waals surface area contributed by atoms with E-state index >= 15 is 0 Å². The Morgan fingerprint density at radius 1 is 0.182 bits per heavy atom. The second kappa shape index (κ2) is 16.2. The van der Waals surface area contributed by atoms with Gasteiger partial charge in [-0.15, -0.1) is 0 Å². The van der Waals surface area contributed by atoms with Crippen LogP contribution in [-0.2, 0) is 0 Å². The van der Waals surface area contributed by atoms with Gasteiger partial charge >= 0.3 is 0 Å². The molecule has 0 bridgehead atoms. The lowest BCUT2D eigenvalue weighted by molar-refractivity contribution is 1.18. The van der Waals surface area contributed by atoms with E-state index in [1.807, 2.05) is 0 Å².